The Kier molecular flexibility index (Phi) is 7.17. The molecule has 2 aromatic rings. The second-order valence-electron chi connectivity index (χ2n) is 6.55. The second-order valence-corrected chi connectivity index (χ2v) is 7.50. The normalized spacial score (nSPS) is 17.2. The van der Waals surface area contributed by atoms with E-state index in [1.807, 2.05) is 18.2 Å². The Balaban J connectivity index is 1.49. The lowest BCUT2D eigenvalue weighted by Crippen LogP contribution is -2.37. The summed E-state index contributed by atoms with van der Waals surface area (Å²) < 4.78 is 5.04. The summed E-state index contributed by atoms with van der Waals surface area (Å²) in [6.07, 6.45) is 3.48. The third kappa shape index (κ3) is 5.13. The number of aromatic nitrogens is 1. The van der Waals surface area contributed by atoms with Crippen LogP contribution in [-0.2, 0) is 16.0 Å². The van der Waals surface area contributed by atoms with Crippen molar-refractivity contribution in [3.63, 3.8) is 0 Å². The number of amides is 1. The van der Waals surface area contributed by atoms with Crippen LogP contribution in [0.15, 0.2) is 35.7 Å². The molecule has 1 aliphatic rings. The molecule has 1 saturated heterocycles. The van der Waals surface area contributed by atoms with Crippen molar-refractivity contribution in [3.8, 4) is 11.3 Å². The first-order chi connectivity index (χ1) is 12.8. The Morgan fingerprint density at radius 1 is 1.31 bits per heavy atom. The summed E-state index contributed by atoms with van der Waals surface area (Å²) in [5.74, 6) is 0.284. The van der Waals surface area contributed by atoms with Crippen LogP contribution in [0, 0.1) is 0 Å². The Bertz CT molecular complexity index is 689. The molecule has 0 saturated carbocycles. The molecule has 0 unspecified atom stereocenters. The summed E-state index contributed by atoms with van der Waals surface area (Å²) in [5, 5.41) is 6.57. The number of likely N-dealkylation sites (tertiary alicyclic amines) is 1. The van der Waals surface area contributed by atoms with Gasteiger partial charge < -0.3 is 15.0 Å². The van der Waals surface area contributed by atoms with Gasteiger partial charge in [0.25, 0.3) is 0 Å². The highest BCUT2D eigenvalue weighted by Crippen LogP contribution is 2.24. The molecule has 1 N–H and O–H groups in total. The van der Waals surface area contributed by atoms with Gasteiger partial charge >= 0.3 is 0 Å². The van der Waals surface area contributed by atoms with E-state index in [9.17, 15) is 4.79 Å². The Labute approximate surface area is 159 Å². The van der Waals surface area contributed by atoms with E-state index in [1.54, 1.807) is 18.4 Å². The first kappa shape index (κ1) is 19.0. The molecule has 1 aromatic heterocycles. The number of nitrogens with zero attached hydrogens (tertiary/aromatic N) is 2. The van der Waals surface area contributed by atoms with Crippen LogP contribution in [0.3, 0.4) is 0 Å². The van der Waals surface area contributed by atoms with Crippen LogP contribution in [-0.4, -0.2) is 55.2 Å². The van der Waals surface area contributed by atoms with Crippen molar-refractivity contribution in [2.45, 2.75) is 31.7 Å². The summed E-state index contributed by atoms with van der Waals surface area (Å²) in [7, 11) is 1.71. The van der Waals surface area contributed by atoms with Crippen molar-refractivity contribution >= 4 is 17.2 Å². The molecule has 1 aromatic carbocycles. The number of thiazole rings is 1. The van der Waals surface area contributed by atoms with Crippen molar-refractivity contribution < 1.29 is 9.53 Å². The van der Waals surface area contributed by atoms with Gasteiger partial charge in [0.1, 0.15) is 0 Å². The predicted molar refractivity (Wildman–Crippen MR) is 105 cm³/mol. The zero-order valence-electron chi connectivity index (χ0n) is 15.3. The first-order valence-corrected chi connectivity index (χ1v) is 10.1. The summed E-state index contributed by atoms with van der Waals surface area (Å²) in [5.41, 5.74) is 2.17. The quantitative estimate of drug-likeness (QED) is 0.651. The Morgan fingerprint density at radius 3 is 2.96 bits per heavy atom. The number of nitrogens with one attached hydrogen (secondary N) is 1. The lowest BCUT2D eigenvalue weighted by molar-refractivity contribution is -0.129. The van der Waals surface area contributed by atoms with Crippen LogP contribution in [0.1, 0.15) is 24.3 Å². The predicted octanol–water partition coefficient (Wildman–Crippen LogP) is 2.97. The summed E-state index contributed by atoms with van der Waals surface area (Å²) in [6.45, 7) is 3.27. The van der Waals surface area contributed by atoms with Gasteiger partial charge in [0.05, 0.1) is 17.3 Å². The van der Waals surface area contributed by atoms with Crippen molar-refractivity contribution in [2.24, 2.45) is 0 Å². The molecule has 0 radical (unpaired) electrons. The number of benzene rings is 1. The fraction of sp³-hybridized carbons (Fsp3) is 0.500. The van der Waals surface area contributed by atoms with Crippen molar-refractivity contribution in [3.05, 3.63) is 40.7 Å². The van der Waals surface area contributed by atoms with E-state index >= 15 is 0 Å². The minimum atomic E-state index is 0.284. The number of carbonyl (C=O) groups is 1. The maximum Gasteiger partial charge on any atom is 0.222 e. The monoisotopic (exact) mass is 373 g/mol. The highest BCUT2D eigenvalue weighted by Gasteiger charge is 2.30. The molecule has 26 heavy (non-hydrogen) atoms. The van der Waals surface area contributed by atoms with E-state index in [2.05, 4.69) is 27.7 Å². The fourth-order valence-electron chi connectivity index (χ4n) is 3.35. The number of rotatable bonds is 10. The average Bonchev–Trinajstić information content (AvgIpc) is 3.28. The molecule has 6 heteroatoms. The molecular formula is C20H27N3O2S. The zero-order valence-corrected chi connectivity index (χ0v) is 16.1. The van der Waals surface area contributed by atoms with Gasteiger partial charge in [-0.15, -0.1) is 11.3 Å². The smallest absolute Gasteiger partial charge is 0.222 e. The van der Waals surface area contributed by atoms with Crippen molar-refractivity contribution in [2.75, 3.05) is 33.4 Å². The molecule has 1 atom stereocenters. The number of ether oxygens (including phenoxy) is 1. The summed E-state index contributed by atoms with van der Waals surface area (Å²) >= 11 is 1.68. The molecule has 2 heterocycles. The highest BCUT2D eigenvalue weighted by molar-refractivity contribution is 7.09. The maximum atomic E-state index is 12.2. The van der Waals surface area contributed by atoms with Crippen LogP contribution < -0.4 is 5.32 Å². The minimum absolute atomic E-state index is 0.284. The van der Waals surface area contributed by atoms with Crippen LogP contribution in [0.4, 0.5) is 0 Å². The van der Waals surface area contributed by atoms with Gasteiger partial charge in [-0.3, -0.25) is 4.79 Å². The lowest BCUT2D eigenvalue weighted by atomic mass is 10.1. The standard InChI is InChI=1S/C20H27N3O2S/c1-25-14-12-21-11-9-17-7-8-20(24)23(17)13-10-19-22-18(15-26-19)16-5-3-2-4-6-16/h2-6,15,17,21H,7-14H2,1H3/t17-/m0/s1. The largest absolute Gasteiger partial charge is 0.383 e. The second kappa shape index (κ2) is 9.80. The summed E-state index contributed by atoms with van der Waals surface area (Å²) in [6, 6.07) is 10.6. The third-order valence-electron chi connectivity index (χ3n) is 4.78. The molecule has 1 amide bonds. The van der Waals surface area contributed by atoms with Gasteiger partial charge in [-0.2, -0.15) is 0 Å². The lowest BCUT2D eigenvalue weighted by Gasteiger charge is -2.24. The van der Waals surface area contributed by atoms with E-state index in [0.717, 1.165) is 61.8 Å². The van der Waals surface area contributed by atoms with Crippen LogP contribution in [0.25, 0.3) is 11.3 Å². The average molecular weight is 374 g/mol. The number of carbonyl (C=O) groups excluding carboxylic acids is 1. The molecule has 1 fully saturated rings. The van der Waals surface area contributed by atoms with E-state index in [1.165, 1.54) is 0 Å². The maximum absolute atomic E-state index is 12.2. The molecule has 3 rings (SSSR count). The van der Waals surface area contributed by atoms with E-state index in [0.29, 0.717) is 12.5 Å². The molecule has 0 spiro atoms. The van der Waals surface area contributed by atoms with E-state index < -0.39 is 0 Å². The zero-order chi connectivity index (χ0) is 18.2. The van der Waals surface area contributed by atoms with Crippen LogP contribution in [0.2, 0.25) is 0 Å². The summed E-state index contributed by atoms with van der Waals surface area (Å²) in [4.78, 5) is 19.0. The van der Waals surface area contributed by atoms with Crippen LogP contribution in [0.5, 0.6) is 0 Å². The molecule has 0 bridgehead atoms. The Hall–Kier alpha value is -1.76. The van der Waals surface area contributed by atoms with Crippen molar-refractivity contribution in [1.82, 2.24) is 15.2 Å². The Morgan fingerprint density at radius 2 is 2.15 bits per heavy atom. The molecule has 140 valence electrons. The van der Waals surface area contributed by atoms with Gasteiger partial charge in [0.2, 0.25) is 5.91 Å². The van der Waals surface area contributed by atoms with Gasteiger partial charge in [-0.05, 0) is 19.4 Å². The number of methoxy groups -OCH3 is 1. The molecular weight excluding hydrogens is 346 g/mol. The van der Waals surface area contributed by atoms with Gasteiger partial charge in [0, 0.05) is 50.0 Å². The van der Waals surface area contributed by atoms with Gasteiger partial charge in [-0.25, -0.2) is 4.98 Å². The molecule has 0 aliphatic carbocycles. The van der Waals surface area contributed by atoms with Gasteiger partial charge in [-0.1, -0.05) is 30.3 Å². The van der Waals surface area contributed by atoms with Gasteiger partial charge in [0.15, 0.2) is 0 Å². The van der Waals surface area contributed by atoms with E-state index in [-0.39, 0.29) is 5.91 Å². The molecule has 1 aliphatic heterocycles. The number of hydrogen-bond donors (Lipinski definition) is 1. The first-order valence-electron chi connectivity index (χ1n) is 9.27. The number of hydrogen-bond acceptors (Lipinski definition) is 5. The SMILES string of the molecule is COCCNCC[C@@H]1CCC(=O)N1CCc1nc(-c2ccccc2)cs1. The highest BCUT2D eigenvalue weighted by atomic mass is 32.1. The van der Waals surface area contributed by atoms with Crippen molar-refractivity contribution in [1.29, 1.82) is 0 Å². The third-order valence-corrected chi connectivity index (χ3v) is 5.69. The van der Waals surface area contributed by atoms with Crippen LogP contribution >= 0.6 is 11.3 Å². The minimum Gasteiger partial charge on any atom is -0.383 e. The fourth-order valence-corrected chi connectivity index (χ4v) is 4.15. The van der Waals surface area contributed by atoms with E-state index in [4.69, 9.17) is 9.72 Å². The topological polar surface area (TPSA) is 54.5 Å². The molecule has 5 nitrogen and oxygen atoms in total.